The first-order chi connectivity index (χ1) is 9.72. The molecule has 2 aromatic heterocycles. The van der Waals surface area contributed by atoms with Crippen molar-refractivity contribution in [2.75, 3.05) is 31.6 Å². The predicted octanol–water partition coefficient (Wildman–Crippen LogP) is -1.04. The Hall–Kier alpha value is -2.22. The van der Waals surface area contributed by atoms with Crippen LogP contribution in [0.3, 0.4) is 0 Å². The van der Waals surface area contributed by atoms with Crippen LogP contribution in [0.2, 0.25) is 0 Å². The van der Waals surface area contributed by atoms with E-state index >= 15 is 0 Å². The molecular formula is C12H17N7O. The van der Waals surface area contributed by atoms with Gasteiger partial charge in [0.15, 0.2) is 5.82 Å². The fraction of sp³-hybridized carbons (Fsp3) is 0.500. The van der Waals surface area contributed by atoms with Crippen molar-refractivity contribution in [2.24, 2.45) is 0 Å². The molecule has 1 unspecified atom stereocenters. The molecular weight excluding hydrogens is 258 g/mol. The molecule has 3 heterocycles. The summed E-state index contributed by atoms with van der Waals surface area (Å²) >= 11 is 0. The van der Waals surface area contributed by atoms with Crippen LogP contribution in [0.1, 0.15) is 5.82 Å². The Morgan fingerprint density at radius 1 is 1.50 bits per heavy atom. The fourth-order valence-electron chi connectivity index (χ4n) is 2.49. The van der Waals surface area contributed by atoms with E-state index in [1.807, 2.05) is 22.4 Å². The van der Waals surface area contributed by atoms with Gasteiger partial charge < -0.3 is 15.5 Å². The standard InChI is InChI=1S/C12H17N7O/c1-8-16-17-11-10(15-4-6-18(8)11)19-5-3-14-7-9(19)12(20)13-2/h4,6,9,14H,3,5,7H2,1-2H3,(H,13,20). The molecule has 0 aromatic carbocycles. The first-order valence-corrected chi connectivity index (χ1v) is 6.57. The third kappa shape index (κ3) is 1.97. The van der Waals surface area contributed by atoms with Crippen LogP contribution in [-0.2, 0) is 4.79 Å². The number of likely N-dealkylation sites (N-methyl/N-ethyl adjacent to an activating group) is 1. The number of fused-ring (bicyclic) bond motifs is 1. The van der Waals surface area contributed by atoms with Crippen molar-refractivity contribution >= 4 is 17.4 Å². The Morgan fingerprint density at radius 2 is 2.35 bits per heavy atom. The van der Waals surface area contributed by atoms with Gasteiger partial charge in [0.2, 0.25) is 11.6 Å². The van der Waals surface area contributed by atoms with Gasteiger partial charge in [-0.05, 0) is 6.92 Å². The summed E-state index contributed by atoms with van der Waals surface area (Å²) in [6.07, 6.45) is 3.53. The first-order valence-electron chi connectivity index (χ1n) is 6.57. The minimum Gasteiger partial charge on any atom is -0.357 e. The molecule has 0 aliphatic carbocycles. The molecule has 106 valence electrons. The highest BCUT2D eigenvalue weighted by Gasteiger charge is 2.30. The molecule has 2 aromatic rings. The minimum absolute atomic E-state index is 0.0303. The molecule has 1 atom stereocenters. The second-order valence-electron chi connectivity index (χ2n) is 4.72. The smallest absolute Gasteiger partial charge is 0.243 e. The van der Waals surface area contributed by atoms with Crippen LogP contribution >= 0.6 is 0 Å². The highest BCUT2D eigenvalue weighted by molar-refractivity contribution is 5.86. The van der Waals surface area contributed by atoms with Crippen LogP contribution in [0.15, 0.2) is 12.4 Å². The first kappa shape index (κ1) is 12.8. The molecule has 1 aliphatic rings. The van der Waals surface area contributed by atoms with E-state index in [-0.39, 0.29) is 11.9 Å². The van der Waals surface area contributed by atoms with E-state index in [1.54, 1.807) is 13.2 Å². The average molecular weight is 275 g/mol. The Kier molecular flexibility index (Phi) is 3.23. The molecule has 20 heavy (non-hydrogen) atoms. The summed E-state index contributed by atoms with van der Waals surface area (Å²) in [5.74, 6) is 1.47. The maximum atomic E-state index is 12.0. The normalized spacial score (nSPS) is 19.3. The molecule has 2 N–H and O–H groups in total. The second kappa shape index (κ2) is 5.04. The van der Waals surface area contributed by atoms with Gasteiger partial charge in [0.1, 0.15) is 11.9 Å². The summed E-state index contributed by atoms with van der Waals surface area (Å²) in [6, 6.07) is -0.288. The van der Waals surface area contributed by atoms with E-state index in [1.165, 1.54) is 0 Å². The van der Waals surface area contributed by atoms with Crippen molar-refractivity contribution < 1.29 is 4.79 Å². The molecule has 8 nitrogen and oxygen atoms in total. The van der Waals surface area contributed by atoms with E-state index in [0.717, 1.165) is 12.4 Å². The van der Waals surface area contributed by atoms with Crippen molar-refractivity contribution in [2.45, 2.75) is 13.0 Å². The SMILES string of the molecule is CNC(=O)C1CNCCN1c1nccn2c(C)nnc12. The summed E-state index contributed by atoms with van der Waals surface area (Å²) in [7, 11) is 1.64. The maximum absolute atomic E-state index is 12.0. The number of piperazine rings is 1. The highest BCUT2D eigenvalue weighted by Crippen LogP contribution is 2.20. The Morgan fingerprint density at radius 3 is 3.15 bits per heavy atom. The molecule has 0 spiro atoms. The summed E-state index contributed by atoms with van der Waals surface area (Å²) in [4.78, 5) is 18.4. The van der Waals surface area contributed by atoms with E-state index < -0.39 is 0 Å². The van der Waals surface area contributed by atoms with Gasteiger partial charge in [-0.2, -0.15) is 0 Å². The van der Waals surface area contributed by atoms with Crippen LogP contribution in [0.25, 0.3) is 5.65 Å². The average Bonchev–Trinajstić information content (AvgIpc) is 2.88. The fourth-order valence-corrected chi connectivity index (χ4v) is 2.49. The number of aryl methyl sites for hydroxylation is 1. The van der Waals surface area contributed by atoms with Gasteiger partial charge in [-0.3, -0.25) is 9.20 Å². The molecule has 1 amide bonds. The number of aromatic nitrogens is 4. The second-order valence-corrected chi connectivity index (χ2v) is 4.72. The zero-order chi connectivity index (χ0) is 14.1. The number of hydrogen-bond donors (Lipinski definition) is 2. The van der Waals surface area contributed by atoms with Crippen molar-refractivity contribution in [1.29, 1.82) is 0 Å². The number of carbonyl (C=O) groups excluding carboxylic acids is 1. The Balaban J connectivity index is 2.05. The number of nitrogens with zero attached hydrogens (tertiary/aromatic N) is 5. The van der Waals surface area contributed by atoms with E-state index in [2.05, 4.69) is 25.8 Å². The third-order valence-corrected chi connectivity index (χ3v) is 3.54. The number of carbonyl (C=O) groups is 1. The van der Waals surface area contributed by atoms with Crippen molar-refractivity contribution in [3.05, 3.63) is 18.2 Å². The molecule has 1 saturated heterocycles. The van der Waals surface area contributed by atoms with E-state index in [4.69, 9.17) is 0 Å². The van der Waals surface area contributed by atoms with Crippen LogP contribution in [0.4, 0.5) is 5.82 Å². The zero-order valence-electron chi connectivity index (χ0n) is 11.5. The summed E-state index contributed by atoms with van der Waals surface area (Å²) < 4.78 is 1.88. The van der Waals surface area contributed by atoms with Crippen LogP contribution < -0.4 is 15.5 Å². The van der Waals surface area contributed by atoms with Gasteiger partial charge in [0.05, 0.1) is 0 Å². The minimum atomic E-state index is -0.288. The predicted molar refractivity (Wildman–Crippen MR) is 73.6 cm³/mol. The van der Waals surface area contributed by atoms with Crippen LogP contribution in [0, 0.1) is 6.92 Å². The molecule has 8 heteroatoms. The lowest BCUT2D eigenvalue weighted by molar-refractivity contribution is -0.122. The van der Waals surface area contributed by atoms with Gasteiger partial charge in [-0.15, -0.1) is 10.2 Å². The van der Waals surface area contributed by atoms with E-state index in [9.17, 15) is 4.79 Å². The number of nitrogens with one attached hydrogen (secondary N) is 2. The summed E-state index contributed by atoms with van der Waals surface area (Å²) in [6.45, 7) is 3.99. The molecule has 3 rings (SSSR count). The molecule has 0 bridgehead atoms. The van der Waals surface area contributed by atoms with Crippen molar-refractivity contribution in [3.8, 4) is 0 Å². The van der Waals surface area contributed by atoms with Crippen molar-refractivity contribution in [1.82, 2.24) is 30.2 Å². The quantitative estimate of drug-likeness (QED) is 0.728. The Bertz CT molecular complexity index is 638. The lowest BCUT2D eigenvalue weighted by atomic mass is 10.2. The van der Waals surface area contributed by atoms with Gasteiger partial charge in [-0.1, -0.05) is 0 Å². The van der Waals surface area contributed by atoms with Crippen LogP contribution in [0.5, 0.6) is 0 Å². The number of amides is 1. The molecule has 1 fully saturated rings. The number of rotatable bonds is 2. The van der Waals surface area contributed by atoms with Gasteiger partial charge in [-0.25, -0.2) is 4.98 Å². The maximum Gasteiger partial charge on any atom is 0.243 e. The van der Waals surface area contributed by atoms with Crippen LogP contribution in [-0.4, -0.2) is 58.2 Å². The number of hydrogen-bond acceptors (Lipinski definition) is 6. The largest absolute Gasteiger partial charge is 0.357 e. The molecule has 0 radical (unpaired) electrons. The summed E-state index contributed by atoms with van der Waals surface area (Å²) in [5, 5.41) is 14.2. The van der Waals surface area contributed by atoms with Gasteiger partial charge in [0, 0.05) is 39.1 Å². The van der Waals surface area contributed by atoms with Gasteiger partial charge >= 0.3 is 0 Å². The molecule has 1 aliphatic heterocycles. The number of anilines is 1. The lowest BCUT2D eigenvalue weighted by Gasteiger charge is -2.35. The Labute approximate surface area is 116 Å². The lowest BCUT2D eigenvalue weighted by Crippen LogP contribution is -2.58. The monoisotopic (exact) mass is 275 g/mol. The van der Waals surface area contributed by atoms with Crippen molar-refractivity contribution in [3.63, 3.8) is 0 Å². The highest BCUT2D eigenvalue weighted by atomic mass is 16.2. The molecule has 0 saturated carbocycles. The third-order valence-electron chi connectivity index (χ3n) is 3.54. The van der Waals surface area contributed by atoms with E-state index in [0.29, 0.717) is 24.6 Å². The zero-order valence-corrected chi connectivity index (χ0v) is 11.5. The van der Waals surface area contributed by atoms with Gasteiger partial charge in [0.25, 0.3) is 0 Å². The topological polar surface area (TPSA) is 87.5 Å². The summed E-state index contributed by atoms with van der Waals surface area (Å²) in [5.41, 5.74) is 0.681.